The molecule has 0 radical (unpaired) electrons. The maximum atomic E-state index is 11.3. The molecule has 1 aromatic rings. The van der Waals surface area contributed by atoms with Crippen LogP contribution in [0.25, 0.3) is 0 Å². The third kappa shape index (κ3) is 4.82. The van der Waals surface area contributed by atoms with Gasteiger partial charge in [0.15, 0.2) is 0 Å². The largest absolute Gasteiger partial charge is 0.493 e. The number of hydrogen-bond acceptors (Lipinski definition) is 2. The minimum Gasteiger partial charge on any atom is -0.493 e. The van der Waals surface area contributed by atoms with Crippen LogP contribution < -0.4 is 10.1 Å². The second-order valence-electron chi connectivity index (χ2n) is 4.13. The molecule has 0 bridgehead atoms. The van der Waals surface area contributed by atoms with Crippen LogP contribution in [0, 0.1) is 6.92 Å². The molecule has 3 heteroatoms. The molecule has 0 saturated heterocycles. The van der Waals surface area contributed by atoms with Crippen LogP contribution in [0.1, 0.15) is 25.8 Å². The van der Waals surface area contributed by atoms with Crippen LogP contribution in [0.2, 0.25) is 0 Å². The van der Waals surface area contributed by atoms with Gasteiger partial charge in [-0.05, 0) is 32.9 Å². The summed E-state index contributed by atoms with van der Waals surface area (Å²) in [4.78, 5) is 11.3. The van der Waals surface area contributed by atoms with Crippen molar-refractivity contribution in [3.05, 3.63) is 29.8 Å². The highest BCUT2D eigenvalue weighted by Crippen LogP contribution is 2.11. The summed E-state index contributed by atoms with van der Waals surface area (Å²) < 4.78 is 5.45. The number of carbonyl (C=O) groups excluding carboxylic acids is 1. The molecule has 88 valence electrons. The minimum absolute atomic E-state index is 0.0297. The van der Waals surface area contributed by atoms with E-state index >= 15 is 0 Å². The highest BCUT2D eigenvalue weighted by Gasteiger charge is 2.03. The predicted molar refractivity (Wildman–Crippen MR) is 64.6 cm³/mol. The summed E-state index contributed by atoms with van der Waals surface area (Å²) in [5, 5.41) is 2.82. The standard InChI is InChI=1S/C13H19NO2/c1-10(2)14-13(15)8-9-16-12-6-4-11(3)5-7-12/h4-7,10H,8-9H2,1-3H3,(H,14,15). The van der Waals surface area contributed by atoms with Crippen molar-refractivity contribution in [3.8, 4) is 5.75 Å². The summed E-state index contributed by atoms with van der Waals surface area (Å²) in [6.07, 6.45) is 0.395. The normalized spacial score (nSPS) is 10.2. The Labute approximate surface area is 96.8 Å². The van der Waals surface area contributed by atoms with Crippen molar-refractivity contribution >= 4 is 5.91 Å². The summed E-state index contributed by atoms with van der Waals surface area (Å²) in [7, 11) is 0. The van der Waals surface area contributed by atoms with Gasteiger partial charge in [-0.15, -0.1) is 0 Å². The van der Waals surface area contributed by atoms with E-state index < -0.39 is 0 Å². The van der Waals surface area contributed by atoms with E-state index in [1.54, 1.807) is 0 Å². The second-order valence-corrected chi connectivity index (χ2v) is 4.13. The molecule has 16 heavy (non-hydrogen) atoms. The van der Waals surface area contributed by atoms with Gasteiger partial charge in [0.2, 0.25) is 5.91 Å². The fourth-order valence-corrected chi connectivity index (χ4v) is 1.29. The van der Waals surface area contributed by atoms with E-state index in [9.17, 15) is 4.79 Å². The zero-order valence-corrected chi connectivity index (χ0v) is 10.1. The SMILES string of the molecule is Cc1ccc(OCCC(=O)NC(C)C)cc1. The van der Waals surface area contributed by atoms with Gasteiger partial charge in [-0.25, -0.2) is 0 Å². The number of ether oxygens (including phenoxy) is 1. The number of carbonyl (C=O) groups is 1. The summed E-state index contributed by atoms with van der Waals surface area (Å²) >= 11 is 0. The van der Waals surface area contributed by atoms with Crippen LogP contribution in [0.15, 0.2) is 24.3 Å². The quantitative estimate of drug-likeness (QED) is 0.828. The van der Waals surface area contributed by atoms with E-state index in [1.807, 2.05) is 45.0 Å². The molecule has 0 spiro atoms. The lowest BCUT2D eigenvalue weighted by Gasteiger charge is -2.09. The van der Waals surface area contributed by atoms with Gasteiger partial charge in [0.1, 0.15) is 5.75 Å². The first kappa shape index (κ1) is 12.6. The van der Waals surface area contributed by atoms with Gasteiger partial charge in [-0.3, -0.25) is 4.79 Å². The molecule has 0 aliphatic rings. The molecule has 0 fully saturated rings. The fourth-order valence-electron chi connectivity index (χ4n) is 1.29. The monoisotopic (exact) mass is 221 g/mol. The number of aryl methyl sites for hydroxylation is 1. The lowest BCUT2D eigenvalue weighted by molar-refractivity contribution is -0.122. The highest BCUT2D eigenvalue weighted by atomic mass is 16.5. The minimum atomic E-state index is 0.0297. The van der Waals surface area contributed by atoms with Gasteiger partial charge in [-0.1, -0.05) is 17.7 Å². The smallest absolute Gasteiger partial charge is 0.223 e. The van der Waals surface area contributed by atoms with Crippen molar-refractivity contribution in [1.82, 2.24) is 5.32 Å². The number of rotatable bonds is 5. The average molecular weight is 221 g/mol. The van der Waals surface area contributed by atoms with E-state index in [-0.39, 0.29) is 11.9 Å². The van der Waals surface area contributed by atoms with Crippen molar-refractivity contribution in [2.75, 3.05) is 6.61 Å². The number of amides is 1. The molecule has 1 rings (SSSR count). The third-order valence-corrected chi connectivity index (χ3v) is 2.07. The number of hydrogen-bond donors (Lipinski definition) is 1. The van der Waals surface area contributed by atoms with Crippen molar-refractivity contribution < 1.29 is 9.53 Å². The lowest BCUT2D eigenvalue weighted by Crippen LogP contribution is -2.31. The molecule has 0 aliphatic carbocycles. The second kappa shape index (κ2) is 6.16. The first-order chi connectivity index (χ1) is 7.58. The van der Waals surface area contributed by atoms with Crippen molar-refractivity contribution in [3.63, 3.8) is 0 Å². The molecule has 0 unspecified atom stereocenters. The molecular weight excluding hydrogens is 202 g/mol. The summed E-state index contributed by atoms with van der Waals surface area (Å²) in [6.45, 7) is 6.33. The van der Waals surface area contributed by atoms with E-state index in [0.717, 1.165) is 5.75 Å². The molecule has 0 aliphatic heterocycles. The maximum absolute atomic E-state index is 11.3. The zero-order valence-electron chi connectivity index (χ0n) is 10.1. The molecule has 0 saturated carbocycles. The van der Waals surface area contributed by atoms with Crippen LogP contribution in [-0.4, -0.2) is 18.6 Å². The maximum Gasteiger partial charge on any atom is 0.223 e. The Morgan fingerprint density at radius 3 is 2.50 bits per heavy atom. The Morgan fingerprint density at radius 2 is 1.94 bits per heavy atom. The van der Waals surface area contributed by atoms with E-state index in [1.165, 1.54) is 5.56 Å². The van der Waals surface area contributed by atoms with Gasteiger partial charge in [0.05, 0.1) is 13.0 Å². The van der Waals surface area contributed by atoms with Gasteiger partial charge >= 0.3 is 0 Å². The average Bonchev–Trinajstić information content (AvgIpc) is 2.20. The number of nitrogens with one attached hydrogen (secondary N) is 1. The highest BCUT2D eigenvalue weighted by molar-refractivity contribution is 5.76. The van der Waals surface area contributed by atoms with Gasteiger partial charge in [0.25, 0.3) is 0 Å². The third-order valence-electron chi connectivity index (χ3n) is 2.07. The summed E-state index contributed by atoms with van der Waals surface area (Å²) in [5.41, 5.74) is 1.20. The molecular formula is C13H19NO2. The van der Waals surface area contributed by atoms with Crippen LogP contribution in [0.4, 0.5) is 0 Å². The Kier molecular flexibility index (Phi) is 4.83. The molecule has 1 aromatic carbocycles. The molecule has 0 atom stereocenters. The van der Waals surface area contributed by atoms with Gasteiger partial charge in [-0.2, -0.15) is 0 Å². The Bertz CT molecular complexity index is 330. The van der Waals surface area contributed by atoms with Gasteiger partial charge in [0, 0.05) is 6.04 Å². The zero-order chi connectivity index (χ0) is 12.0. The van der Waals surface area contributed by atoms with Crippen molar-refractivity contribution in [2.24, 2.45) is 0 Å². The predicted octanol–water partition coefficient (Wildman–Crippen LogP) is 2.29. The topological polar surface area (TPSA) is 38.3 Å². The summed E-state index contributed by atoms with van der Waals surface area (Å²) in [5.74, 6) is 0.838. The van der Waals surface area contributed by atoms with Gasteiger partial charge < -0.3 is 10.1 Å². The first-order valence-electron chi connectivity index (χ1n) is 5.57. The van der Waals surface area contributed by atoms with E-state index in [0.29, 0.717) is 13.0 Å². The molecule has 3 nitrogen and oxygen atoms in total. The lowest BCUT2D eigenvalue weighted by atomic mass is 10.2. The van der Waals surface area contributed by atoms with E-state index in [4.69, 9.17) is 4.74 Å². The number of benzene rings is 1. The van der Waals surface area contributed by atoms with Crippen LogP contribution in [-0.2, 0) is 4.79 Å². The Balaban J connectivity index is 2.25. The van der Waals surface area contributed by atoms with Crippen LogP contribution in [0.5, 0.6) is 5.75 Å². The first-order valence-corrected chi connectivity index (χ1v) is 5.57. The Morgan fingerprint density at radius 1 is 1.31 bits per heavy atom. The Hall–Kier alpha value is -1.51. The van der Waals surface area contributed by atoms with E-state index in [2.05, 4.69) is 5.32 Å². The molecule has 0 heterocycles. The van der Waals surface area contributed by atoms with Crippen molar-refractivity contribution in [1.29, 1.82) is 0 Å². The summed E-state index contributed by atoms with van der Waals surface area (Å²) in [6, 6.07) is 7.99. The molecule has 1 N–H and O–H groups in total. The van der Waals surface area contributed by atoms with Crippen molar-refractivity contribution in [2.45, 2.75) is 33.2 Å². The fraction of sp³-hybridized carbons (Fsp3) is 0.462. The van der Waals surface area contributed by atoms with Crippen LogP contribution in [0.3, 0.4) is 0 Å². The molecule has 0 aromatic heterocycles. The molecule has 1 amide bonds. The van der Waals surface area contributed by atoms with Crippen LogP contribution >= 0.6 is 0 Å².